The molecule has 0 heterocycles. The average molecular weight is 328 g/mol. The molecule has 0 aliphatic heterocycles. The predicted molar refractivity (Wildman–Crippen MR) is 73.9 cm³/mol. The first kappa shape index (κ1) is 14.0. The van der Waals surface area contributed by atoms with Gasteiger partial charge >= 0.3 is 0 Å². The van der Waals surface area contributed by atoms with Crippen LogP contribution in [0.5, 0.6) is 0 Å². The van der Waals surface area contributed by atoms with Gasteiger partial charge in [-0.1, -0.05) is 34.1 Å². The van der Waals surface area contributed by atoms with Crippen molar-refractivity contribution >= 4 is 21.6 Å². The molecule has 1 atom stereocenters. The van der Waals surface area contributed by atoms with Crippen molar-refractivity contribution in [2.45, 2.75) is 6.10 Å². The summed E-state index contributed by atoms with van der Waals surface area (Å²) in [6, 6.07) is 10.7. The van der Waals surface area contributed by atoms with Gasteiger partial charge in [0.2, 0.25) is 0 Å². The van der Waals surface area contributed by atoms with Crippen LogP contribution in [0.25, 0.3) is 0 Å². The van der Waals surface area contributed by atoms with Gasteiger partial charge in [-0.3, -0.25) is 0 Å². The molecule has 5 heteroatoms. The second-order valence-corrected chi connectivity index (χ2v) is 4.96. The maximum absolute atomic E-state index is 13.4. The molecule has 100 valence electrons. The number of benzene rings is 2. The third kappa shape index (κ3) is 3.52. The van der Waals surface area contributed by atoms with E-state index >= 15 is 0 Å². The van der Waals surface area contributed by atoms with Gasteiger partial charge in [0.1, 0.15) is 17.3 Å². The zero-order chi connectivity index (χ0) is 13.8. The molecular formula is C14H12BrF2NO. The minimum atomic E-state index is -0.850. The summed E-state index contributed by atoms with van der Waals surface area (Å²) in [7, 11) is 0. The molecule has 0 spiro atoms. The number of aliphatic hydroxyl groups excluding tert-OH is 1. The SMILES string of the molecule is OC(CNc1c(F)cccc1F)c1cccc(Br)c1. The van der Waals surface area contributed by atoms with Crippen LogP contribution in [-0.2, 0) is 0 Å². The Morgan fingerprint density at radius 2 is 1.74 bits per heavy atom. The normalized spacial score (nSPS) is 12.2. The number of hydrogen-bond acceptors (Lipinski definition) is 2. The molecule has 1 unspecified atom stereocenters. The van der Waals surface area contributed by atoms with Crippen LogP contribution in [0.3, 0.4) is 0 Å². The Morgan fingerprint density at radius 3 is 2.37 bits per heavy atom. The fourth-order valence-corrected chi connectivity index (χ4v) is 2.11. The summed E-state index contributed by atoms with van der Waals surface area (Å²) in [6.07, 6.45) is -0.850. The lowest BCUT2D eigenvalue weighted by Gasteiger charge is -2.14. The highest BCUT2D eigenvalue weighted by Gasteiger charge is 2.12. The lowest BCUT2D eigenvalue weighted by molar-refractivity contribution is 0.191. The Kier molecular flexibility index (Phi) is 4.50. The van der Waals surface area contributed by atoms with Crippen molar-refractivity contribution in [2.75, 3.05) is 11.9 Å². The van der Waals surface area contributed by atoms with Crippen LogP contribution in [0, 0.1) is 11.6 Å². The van der Waals surface area contributed by atoms with E-state index in [4.69, 9.17) is 0 Å². The molecule has 2 N–H and O–H groups in total. The fourth-order valence-electron chi connectivity index (χ4n) is 1.70. The van der Waals surface area contributed by atoms with Crippen LogP contribution in [0.2, 0.25) is 0 Å². The first-order valence-electron chi connectivity index (χ1n) is 5.69. The quantitative estimate of drug-likeness (QED) is 0.893. The Bertz CT molecular complexity index is 557. The van der Waals surface area contributed by atoms with Crippen molar-refractivity contribution in [3.63, 3.8) is 0 Å². The van der Waals surface area contributed by atoms with Gasteiger partial charge in [0.15, 0.2) is 0 Å². The molecule has 2 aromatic rings. The van der Waals surface area contributed by atoms with Gasteiger partial charge in [-0.25, -0.2) is 8.78 Å². The topological polar surface area (TPSA) is 32.3 Å². The predicted octanol–water partition coefficient (Wildman–Crippen LogP) is 3.87. The molecule has 0 aromatic heterocycles. The molecule has 0 saturated carbocycles. The summed E-state index contributed by atoms with van der Waals surface area (Å²) in [5, 5.41) is 12.5. The first-order valence-corrected chi connectivity index (χ1v) is 6.48. The molecule has 0 amide bonds. The van der Waals surface area contributed by atoms with Gasteiger partial charge in [-0.05, 0) is 29.8 Å². The van der Waals surface area contributed by atoms with E-state index in [2.05, 4.69) is 21.2 Å². The zero-order valence-electron chi connectivity index (χ0n) is 9.91. The van der Waals surface area contributed by atoms with Crippen molar-refractivity contribution < 1.29 is 13.9 Å². The molecule has 0 saturated heterocycles. The smallest absolute Gasteiger partial charge is 0.149 e. The number of rotatable bonds is 4. The van der Waals surface area contributed by atoms with Crippen LogP contribution in [0.4, 0.5) is 14.5 Å². The summed E-state index contributed by atoms with van der Waals surface area (Å²) < 4.78 is 27.6. The summed E-state index contributed by atoms with van der Waals surface area (Å²) in [6.45, 7) is 0.0221. The largest absolute Gasteiger partial charge is 0.387 e. The Morgan fingerprint density at radius 1 is 1.11 bits per heavy atom. The van der Waals surface area contributed by atoms with Crippen molar-refractivity contribution in [3.05, 3.63) is 64.1 Å². The number of anilines is 1. The van der Waals surface area contributed by atoms with Gasteiger partial charge in [-0.15, -0.1) is 0 Å². The van der Waals surface area contributed by atoms with Crippen LogP contribution in [0.1, 0.15) is 11.7 Å². The fraction of sp³-hybridized carbons (Fsp3) is 0.143. The highest BCUT2D eigenvalue weighted by Crippen LogP contribution is 2.21. The number of nitrogens with one attached hydrogen (secondary N) is 1. The number of para-hydroxylation sites is 1. The Balaban J connectivity index is 2.06. The zero-order valence-corrected chi connectivity index (χ0v) is 11.5. The van der Waals surface area contributed by atoms with E-state index in [1.54, 1.807) is 18.2 Å². The number of halogens is 3. The third-order valence-electron chi connectivity index (χ3n) is 2.67. The summed E-state index contributed by atoms with van der Waals surface area (Å²) >= 11 is 3.30. The highest BCUT2D eigenvalue weighted by atomic mass is 79.9. The lowest BCUT2D eigenvalue weighted by Crippen LogP contribution is -2.14. The molecule has 0 radical (unpaired) electrons. The highest BCUT2D eigenvalue weighted by molar-refractivity contribution is 9.10. The van der Waals surface area contributed by atoms with Crippen molar-refractivity contribution in [3.8, 4) is 0 Å². The standard InChI is InChI=1S/C14H12BrF2NO/c15-10-4-1-3-9(7-10)13(19)8-18-14-11(16)5-2-6-12(14)17/h1-7,13,18-19H,8H2. The van der Waals surface area contributed by atoms with E-state index in [1.807, 2.05) is 6.07 Å². The minimum Gasteiger partial charge on any atom is -0.387 e. The monoisotopic (exact) mass is 327 g/mol. The molecule has 19 heavy (non-hydrogen) atoms. The maximum Gasteiger partial charge on any atom is 0.149 e. The molecule has 0 bridgehead atoms. The van der Waals surface area contributed by atoms with E-state index in [0.717, 1.165) is 16.6 Å². The van der Waals surface area contributed by atoms with Crippen LogP contribution in [-0.4, -0.2) is 11.7 Å². The minimum absolute atomic E-state index is 0.0221. The number of hydrogen-bond donors (Lipinski definition) is 2. The maximum atomic E-state index is 13.4. The lowest BCUT2D eigenvalue weighted by atomic mass is 10.1. The second-order valence-electron chi connectivity index (χ2n) is 4.05. The summed E-state index contributed by atoms with van der Waals surface area (Å²) in [4.78, 5) is 0. The van der Waals surface area contributed by atoms with Crippen molar-refractivity contribution in [2.24, 2.45) is 0 Å². The van der Waals surface area contributed by atoms with Gasteiger partial charge in [0, 0.05) is 11.0 Å². The molecule has 2 nitrogen and oxygen atoms in total. The summed E-state index contributed by atoms with van der Waals surface area (Å²) in [5.41, 5.74) is 0.440. The summed E-state index contributed by atoms with van der Waals surface area (Å²) in [5.74, 6) is -1.36. The van der Waals surface area contributed by atoms with Crippen LogP contribution < -0.4 is 5.32 Å². The number of aliphatic hydroxyl groups is 1. The van der Waals surface area contributed by atoms with E-state index in [9.17, 15) is 13.9 Å². The van der Waals surface area contributed by atoms with Gasteiger partial charge in [0.25, 0.3) is 0 Å². The molecule has 0 fully saturated rings. The van der Waals surface area contributed by atoms with E-state index in [0.29, 0.717) is 5.56 Å². The molecular weight excluding hydrogens is 316 g/mol. The van der Waals surface area contributed by atoms with Gasteiger partial charge in [-0.2, -0.15) is 0 Å². The van der Waals surface area contributed by atoms with E-state index in [-0.39, 0.29) is 12.2 Å². The first-order chi connectivity index (χ1) is 9.08. The van der Waals surface area contributed by atoms with Crippen molar-refractivity contribution in [1.82, 2.24) is 0 Å². The van der Waals surface area contributed by atoms with E-state index < -0.39 is 17.7 Å². The van der Waals surface area contributed by atoms with E-state index in [1.165, 1.54) is 6.07 Å². The van der Waals surface area contributed by atoms with Crippen LogP contribution in [0.15, 0.2) is 46.9 Å². The molecule has 0 aliphatic carbocycles. The second kappa shape index (κ2) is 6.12. The Hall–Kier alpha value is -1.46. The third-order valence-corrected chi connectivity index (χ3v) is 3.16. The van der Waals surface area contributed by atoms with Crippen LogP contribution >= 0.6 is 15.9 Å². The molecule has 2 rings (SSSR count). The molecule has 2 aromatic carbocycles. The van der Waals surface area contributed by atoms with Gasteiger partial charge < -0.3 is 10.4 Å². The molecule has 0 aliphatic rings. The van der Waals surface area contributed by atoms with Gasteiger partial charge in [0.05, 0.1) is 6.10 Å². The average Bonchev–Trinajstić information content (AvgIpc) is 2.38. The van der Waals surface area contributed by atoms with Crippen molar-refractivity contribution in [1.29, 1.82) is 0 Å². The Labute approximate surface area is 118 Å².